The van der Waals surface area contributed by atoms with Crippen molar-refractivity contribution in [2.24, 2.45) is 0 Å². The lowest BCUT2D eigenvalue weighted by Gasteiger charge is -2.08. The van der Waals surface area contributed by atoms with Crippen molar-refractivity contribution in [3.05, 3.63) is 39.6 Å². The van der Waals surface area contributed by atoms with Crippen LogP contribution in [0.25, 0.3) is 0 Å². The number of carbonyl (C=O) groups is 1. The fraction of sp³-hybridized carbons (Fsp3) is 0.0909. The summed E-state index contributed by atoms with van der Waals surface area (Å²) in [6.45, 7) is 1.94. The third-order valence-electron chi connectivity index (χ3n) is 2.11. The molecule has 1 heterocycles. The average Bonchev–Trinajstić information content (AvgIpc) is 2.75. The maximum atomic E-state index is 11.6. The average molecular weight is 343 g/mol. The fourth-order valence-corrected chi connectivity index (χ4v) is 1.96. The number of carbonyl (C=O) groups excluding carboxylic acids is 1. The Bertz CT molecular complexity index is 526. The highest BCUT2D eigenvalue weighted by Crippen LogP contribution is 2.18. The standard InChI is InChI=1S/C11H10IN3O2/c1-7-6-8(12)2-3-9(7)14-11(16)15-10-4-5-13-17-10/h2-6H,1H3,(H2,14,15,16). The van der Waals surface area contributed by atoms with Gasteiger partial charge in [-0.3, -0.25) is 5.32 Å². The molecule has 0 unspecified atom stereocenters. The number of rotatable bonds is 2. The summed E-state index contributed by atoms with van der Waals surface area (Å²) in [5.74, 6) is 0.311. The third-order valence-corrected chi connectivity index (χ3v) is 2.78. The zero-order chi connectivity index (χ0) is 12.3. The van der Waals surface area contributed by atoms with Crippen LogP contribution in [0.15, 0.2) is 35.0 Å². The van der Waals surface area contributed by atoms with Gasteiger partial charge in [0.05, 0.1) is 6.20 Å². The molecule has 2 aromatic rings. The molecule has 1 aromatic heterocycles. The fourth-order valence-electron chi connectivity index (χ4n) is 1.31. The van der Waals surface area contributed by atoms with Gasteiger partial charge in [0.1, 0.15) is 0 Å². The molecule has 0 saturated heterocycles. The molecule has 0 aliphatic carbocycles. The molecule has 1 aromatic carbocycles. The van der Waals surface area contributed by atoms with E-state index in [1.54, 1.807) is 6.07 Å². The first-order chi connectivity index (χ1) is 8.15. The van der Waals surface area contributed by atoms with E-state index < -0.39 is 0 Å². The van der Waals surface area contributed by atoms with Gasteiger partial charge in [0.15, 0.2) is 0 Å². The summed E-state index contributed by atoms with van der Waals surface area (Å²) in [6, 6.07) is 6.99. The number of urea groups is 1. The number of nitrogens with one attached hydrogen (secondary N) is 2. The van der Waals surface area contributed by atoms with Gasteiger partial charge in [-0.15, -0.1) is 0 Å². The van der Waals surface area contributed by atoms with E-state index >= 15 is 0 Å². The number of amides is 2. The van der Waals surface area contributed by atoms with Crippen molar-refractivity contribution < 1.29 is 9.32 Å². The Morgan fingerprint density at radius 1 is 1.35 bits per heavy atom. The number of aromatic nitrogens is 1. The SMILES string of the molecule is Cc1cc(I)ccc1NC(=O)Nc1ccno1. The number of aryl methyl sites for hydroxylation is 1. The molecule has 0 bridgehead atoms. The maximum absolute atomic E-state index is 11.6. The van der Waals surface area contributed by atoms with E-state index in [0.29, 0.717) is 5.88 Å². The monoisotopic (exact) mass is 343 g/mol. The molecule has 2 amide bonds. The predicted octanol–water partition coefficient (Wildman–Crippen LogP) is 3.23. The van der Waals surface area contributed by atoms with E-state index in [1.807, 2.05) is 25.1 Å². The van der Waals surface area contributed by atoms with Gasteiger partial charge in [-0.05, 0) is 53.3 Å². The Kier molecular flexibility index (Phi) is 3.62. The van der Waals surface area contributed by atoms with Gasteiger partial charge >= 0.3 is 6.03 Å². The number of nitrogens with zero attached hydrogens (tertiary/aromatic N) is 1. The molecule has 5 nitrogen and oxygen atoms in total. The van der Waals surface area contributed by atoms with Gasteiger partial charge in [0.2, 0.25) is 5.88 Å². The predicted molar refractivity (Wildman–Crippen MR) is 73.0 cm³/mol. The van der Waals surface area contributed by atoms with Gasteiger partial charge in [0.25, 0.3) is 0 Å². The van der Waals surface area contributed by atoms with E-state index in [1.165, 1.54) is 6.20 Å². The highest BCUT2D eigenvalue weighted by Gasteiger charge is 2.06. The second-order valence-corrected chi connectivity index (χ2v) is 4.66. The lowest BCUT2D eigenvalue weighted by Crippen LogP contribution is -2.19. The molecule has 0 spiro atoms. The minimum atomic E-state index is -0.356. The number of anilines is 2. The number of hydrogen-bond acceptors (Lipinski definition) is 3. The first kappa shape index (κ1) is 11.9. The molecule has 0 saturated carbocycles. The van der Waals surface area contributed by atoms with E-state index in [9.17, 15) is 4.79 Å². The highest BCUT2D eigenvalue weighted by atomic mass is 127. The highest BCUT2D eigenvalue weighted by molar-refractivity contribution is 14.1. The molecule has 6 heteroatoms. The van der Waals surface area contributed by atoms with Crippen molar-refractivity contribution in [3.63, 3.8) is 0 Å². The summed E-state index contributed by atoms with van der Waals surface area (Å²) >= 11 is 2.22. The zero-order valence-electron chi connectivity index (χ0n) is 9.03. The van der Waals surface area contributed by atoms with Gasteiger partial charge in [0, 0.05) is 15.3 Å². The van der Waals surface area contributed by atoms with E-state index in [0.717, 1.165) is 14.8 Å². The molecule has 88 valence electrons. The van der Waals surface area contributed by atoms with Crippen molar-refractivity contribution in [1.29, 1.82) is 0 Å². The Morgan fingerprint density at radius 3 is 2.82 bits per heavy atom. The lowest BCUT2D eigenvalue weighted by molar-refractivity contribution is 0.261. The van der Waals surface area contributed by atoms with Crippen LogP contribution in [0.1, 0.15) is 5.56 Å². The summed E-state index contributed by atoms with van der Waals surface area (Å²) in [5.41, 5.74) is 1.77. The van der Waals surface area contributed by atoms with E-state index in [4.69, 9.17) is 4.52 Å². The van der Waals surface area contributed by atoms with Crippen LogP contribution in [0.3, 0.4) is 0 Å². The molecule has 2 rings (SSSR count). The molecular formula is C11H10IN3O2. The normalized spacial score (nSPS) is 10.0. The molecule has 0 aliphatic rings. The molecule has 0 fully saturated rings. The lowest BCUT2D eigenvalue weighted by atomic mass is 10.2. The molecule has 17 heavy (non-hydrogen) atoms. The largest absolute Gasteiger partial charge is 0.338 e. The first-order valence-corrected chi connectivity index (χ1v) is 5.98. The Labute approximate surface area is 112 Å². The summed E-state index contributed by atoms with van der Waals surface area (Å²) in [5, 5.41) is 8.76. The zero-order valence-corrected chi connectivity index (χ0v) is 11.2. The van der Waals surface area contributed by atoms with Gasteiger partial charge < -0.3 is 9.84 Å². The van der Waals surface area contributed by atoms with Crippen LogP contribution in [-0.4, -0.2) is 11.2 Å². The summed E-state index contributed by atoms with van der Waals surface area (Å²) < 4.78 is 5.89. The molecule has 2 N–H and O–H groups in total. The summed E-state index contributed by atoms with van der Waals surface area (Å²) in [4.78, 5) is 11.6. The molecular weight excluding hydrogens is 333 g/mol. The van der Waals surface area contributed by atoms with Crippen molar-refractivity contribution in [2.75, 3.05) is 10.6 Å². The van der Waals surface area contributed by atoms with Gasteiger partial charge in [-0.25, -0.2) is 4.79 Å². The van der Waals surface area contributed by atoms with Crippen molar-refractivity contribution in [2.45, 2.75) is 6.92 Å². The second kappa shape index (κ2) is 5.17. The summed E-state index contributed by atoms with van der Waals surface area (Å²) in [7, 11) is 0. The second-order valence-electron chi connectivity index (χ2n) is 3.42. The van der Waals surface area contributed by atoms with E-state index in [2.05, 4.69) is 38.4 Å². The Balaban J connectivity index is 2.03. The Hall–Kier alpha value is -1.57. The maximum Gasteiger partial charge on any atom is 0.326 e. The Morgan fingerprint density at radius 2 is 2.18 bits per heavy atom. The first-order valence-electron chi connectivity index (χ1n) is 4.90. The minimum absolute atomic E-state index is 0.311. The molecule has 0 aliphatic heterocycles. The van der Waals surface area contributed by atoms with Gasteiger partial charge in [-0.1, -0.05) is 5.16 Å². The number of hydrogen-bond donors (Lipinski definition) is 2. The quantitative estimate of drug-likeness (QED) is 0.823. The van der Waals surface area contributed by atoms with Crippen LogP contribution in [0, 0.1) is 10.5 Å². The topological polar surface area (TPSA) is 67.2 Å². The number of benzene rings is 1. The molecule has 0 radical (unpaired) electrons. The smallest absolute Gasteiger partial charge is 0.326 e. The van der Waals surface area contributed by atoms with Gasteiger partial charge in [-0.2, -0.15) is 0 Å². The third kappa shape index (κ3) is 3.19. The van der Waals surface area contributed by atoms with Crippen LogP contribution in [0.2, 0.25) is 0 Å². The van der Waals surface area contributed by atoms with Crippen LogP contribution >= 0.6 is 22.6 Å². The van der Waals surface area contributed by atoms with Crippen molar-refractivity contribution in [3.8, 4) is 0 Å². The molecule has 0 atom stereocenters. The van der Waals surface area contributed by atoms with Crippen LogP contribution in [0.5, 0.6) is 0 Å². The minimum Gasteiger partial charge on any atom is -0.338 e. The van der Waals surface area contributed by atoms with Crippen LogP contribution in [-0.2, 0) is 0 Å². The van der Waals surface area contributed by atoms with Crippen molar-refractivity contribution in [1.82, 2.24) is 5.16 Å². The van der Waals surface area contributed by atoms with Crippen molar-refractivity contribution >= 4 is 40.2 Å². The van der Waals surface area contributed by atoms with Crippen LogP contribution in [0.4, 0.5) is 16.4 Å². The van der Waals surface area contributed by atoms with Crippen LogP contribution < -0.4 is 10.6 Å². The van der Waals surface area contributed by atoms with E-state index in [-0.39, 0.29) is 6.03 Å². The summed E-state index contributed by atoms with van der Waals surface area (Å²) in [6.07, 6.45) is 1.46. The number of halogens is 1.